The van der Waals surface area contributed by atoms with Crippen molar-refractivity contribution in [2.75, 3.05) is 37.6 Å². The zero-order chi connectivity index (χ0) is 17.2. The Morgan fingerprint density at radius 3 is 2.39 bits per heavy atom. The van der Waals surface area contributed by atoms with Gasteiger partial charge < -0.3 is 10.0 Å². The zero-order valence-corrected chi connectivity index (χ0v) is 12.6. The van der Waals surface area contributed by atoms with Crippen LogP contribution in [0.15, 0.2) is 18.2 Å². The molecular weight excluding hydrogens is 315 g/mol. The summed E-state index contributed by atoms with van der Waals surface area (Å²) < 4.78 is 38.1. The number of rotatable bonds is 4. The molecule has 9 heteroatoms. The van der Waals surface area contributed by atoms with E-state index in [2.05, 4.69) is 0 Å². The monoisotopic (exact) mass is 333 g/mol. The standard InChI is InChI=1S/C14H18F3N3O3/c1-10(21)9-18-4-6-19(7-5-18)12-3-2-11(14(15,16)17)8-13(12)20(22)23/h2-3,8,10,21H,4-7,9H2,1H3. The van der Waals surface area contributed by atoms with Gasteiger partial charge in [-0.25, -0.2) is 0 Å². The minimum atomic E-state index is -4.61. The van der Waals surface area contributed by atoms with E-state index in [-0.39, 0.29) is 5.69 Å². The molecule has 0 aromatic heterocycles. The topological polar surface area (TPSA) is 69.8 Å². The number of benzene rings is 1. The molecule has 1 saturated heterocycles. The van der Waals surface area contributed by atoms with Crippen molar-refractivity contribution in [3.8, 4) is 0 Å². The quantitative estimate of drug-likeness (QED) is 0.675. The molecule has 0 amide bonds. The Balaban J connectivity index is 2.19. The molecule has 1 heterocycles. The van der Waals surface area contributed by atoms with Gasteiger partial charge in [-0.3, -0.25) is 15.0 Å². The highest BCUT2D eigenvalue weighted by molar-refractivity contribution is 5.65. The van der Waals surface area contributed by atoms with Gasteiger partial charge in [0, 0.05) is 38.8 Å². The van der Waals surface area contributed by atoms with Gasteiger partial charge in [0.05, 0.1) is 16.6 Å². The van der Waals surface area contributed by atoms with Crippen molar-refractivity contribution in [1.29, 1.82) is 0 Å². The Kier molecular flexibility index (Phi) is 5.10. The molecule has 1 fully saturated rings. The average Bonchev–Trinajstić information content (AvgIpc) is 2.46. The van der Waals surface area contributed by atoms with Crippen LogP contribution in [-0.4, -0.2) is 53.8 Å². The van der Waals surface area contributed by atoms with Gasteiger partial charge >= 0.3 is 6.18 Å². The van der Waals surface area contributed by atoms with E-state index in [0.29, 0.717) is 38.8 Å². The summed E-state index contributed by atoms with van der Waals surface area (Å²) in [7, 11) is 0. The number of aliphatic hydroxyl groups excluding tert-OH is 1. The molecule has 128 valence electrons. The molecule has 0 aliphatic carbocycles. The van der Waals surface area contributed by atoms with E-state index in [4.69, 9.17) is 0 Å². The SMILES string of the molecule is CC(O)CN1CCN(c2ccc(C(F)(F)F)cc2[N+](=O)[O-])CC1. The number of nitrogens with zero attached hydrogens (tertiary/aromatic N) is 3. The zero-order valence-electron chi connectivity index (χ0n) is 12.6. The number of aliphatic hydroxyl groups is 1. The predicted molar refractivity (Wildman–Crippen MR) is 78.4 cm³/mol. The summed E-state index contributed by atoms with van der Waals surface area (Å²) in [6.07, 6.45) is -5.08. The molecule has 23 heavy (non-hydrogen) atoms. The van der Waals surface area contributed by atoms with Crippen molar-refractivity contribution in [2.45, 2.75) is 19.2 Å². The Bertz CT molecular complexity index is 570. The lowest BCUT2D eigenvalue weighted by Gasteiger charge is -2.36. The lowest BCUT2D eigenvalue weighted by atomic mass is 10.1. The van der Waals surface area contributed by atoms with Gasteiger partial charge in [0.2, 0.25) is 0 Å². The molecule has 0 saturated carbocycles. The number of hydrogen-bond donors (Lipinski definition) is 1. The van der Waals surface area contributed by atoms with Crippen LogP contribution >= 0.6 is 0 Å². The first-order valence-electron chi connectivity index (χ1n) is 7.19. The summed E-state index contributed by atoms with van der Waals surface area (Å²) in [5, 5.41) is 20.5. The smallest absolute Gasteiger partial charge is 0.392 e. The van der Waals surface area contributed by atoms with E-state index in [9.17, 15) is 28.4 Å². The summed E-state index contributed by atoms with van der Waals surface area (Å²) in [5.74, 6) is 0. The second kappa shape index (κ2) is 6.71. The number of piperazine rings is 1. The van der Waals surface area contributed by atoms with Gasteiger partial charge in [0.25, 0.3) is 5.69 Å². The lowest BCUT2D eigenvalue weighted by Crippen LogP contribution is -2.48. The van der Waals surface area contributed by atoms with E-state index < -0.39 is 28.5 Å². The predicted octanol–water partition coefficient (Wildman–Crippen LogP) is 2.12. The highest BCUT2D eigenvalue weighted by Gasteiger charge is 2.34. The Labute approximate surface area is 131 Å². The average molecular weight is 333 g/mol. The van der Waals surface area contributed by atoms with Crippen molar-refractivity contribution < 1.29 is 23.2 Å². The summed E-state index contributed by atoms with van der Waals surface area (Å²) in [4.78, 5) is 14.1. The fourth-order valence-electron chi connectivity index (χ4n) is 2.66. The van der Waals surface area contributed by atoms with Crippen molar-refractivity contribution in [2.24, 2.45) is 0 Å². The highest BCUT2D eigenvalue weighted by atomic mass is 19.4. The number of halogens is 3. The van der Waals surface area contributed by atoms with Crippen LogP contribution in [0.3, 0.4) is 0 Å². The van der Waals surface area contributed by atoms with E-state index >= 15 is 0 Å². The third kappa shape index (κ3) is 4.32. The molecule has 1 atom stereocenters. The van der Waals surface area contributed by atoms with Crippen LogP contribution < -0.4 is 4.90 Å². The Hall–Kier alpha value is -1.87. The maximum Gasteiger partial charge on any atom is 0.416 e. The molecule has 1 aliphatic rings. The van der Waals surface area contributed by atoms with E-state index in [1.54, 1.807) is 11.8 Å². The molecular formula is C14H18F3N3O3. The summed E-state index contributed by atoms with van der Waals surface area (Å²) in [6.45, 7) is 4.26. The minimum absolute atomic E-state index is 0.194. The second-order valence-corrected chi connectivity index (χ2v) is 5.60. The summed E-state index contributed by atoms with van der Waals surface area (Å²) in [5.41, 5.74) is -1.37. The molecule has 6 nitrogen and oxygen atoms in total. The first-order valence-corrected chi connectivity index (χ1v) is 7.19. The van der Waals surface area contributed by atoms with Gasteiger partial charge in [0.15, 0.2) is 0 Å². The van der Waals surface area contributed by atoms with Crippen molar-refractivity contribution >= 4 is 11.4 Å². The summed E-state index contributed by atoms with van der Waals surface area (Å²) >= 11 is 0. The van der Waals surface area contributed by atoms with Gasteiger partial charge in [-0.1, -0.05) is 0 Å². The first kappa shape index (κ1) is 17.5. The molecule has 1 aliphatic heterocycles. The molecule has 1 aromatic carbocycles. The Morgan fingerprint density at radius 1 is 1.30 bits per heavy atom. The number of alkyl halides is 3. The largest absolute Gasteiger partial charge is 0.416 e. The molecule has 0 spiro atoms. The fourth-order valence-corrected chi connectivity index (χ4v) is 2.66. The van der Waals surface area contributed by atoms with Crippen LogP contribution in [-0.2, 0) is 6.18 Å². The second-order valence-electron chi connectivity index (χ2n) is 5.60. The van der Waals surface area contributed by atoms with Crippen LogP contribution in [0.5, 0.6) is 0 Å². The maximum atomic E-state index is 12.7. The minimum Gasteiger partial charge on any atom is -0.392 e. The highest BCUT2D eigenvalue weighted by Crippen LogP contribution is 2.36. The van der Waals surface area contributed by atoms with Crippen LogP contribution in [0.25, 0.3) is 0 Å². The van der Waals surface area contributed by atoms with Crippen molar-refractivity contribution in [3.05, 3.63) is 33.9 Å². The van der Waals surface area contributed by atoms with Crippen LogP contribution in [0.2, 0.25) is 0 Å². The number of nitro benzene ring substituents is 1. The van der Waals surface area contributed by atoms with Crippen molar-refractivity contribution in [3.63, 3.8) is 0 Å². The van der Waals surface area contributed by atoms with Crippen LogP contribution in [0.1, 0.15) is 12.5 Å². The van der Waals surface area contributed by atoms with Gasteiger partial charge in [0.1, 0.15) is 5.69 Å². The number of hydrogen-bond acceptors (Lipinski definition) is 5. The van der Waals surface area contributed by atoms with Gasteiger partial charge in [-0.05, 0) is 19.1 Å². The third-order valence-corrected chi connectivity index (χ3v) is 3.73. The number of nitro groups is 1. The van der Waals surface area contributed by atoms with E-state index in [1.165, 1.54) is 0 Å². The van der Waals surface area contributed by atoms with Gasteiger partial charge in [-0.2, -0.15) is 13.2 Å². The lowest BCUT2D eigenvalue weighted by molar-refractivity contribution is -0.384. The normalized spacial score (nSPS) is 18.0. The van der Waals surface area contributed by atoms with E-state index in [1.807, 2.05) is 4.90 Å². The molecule has 1 unspecified atom stereocenters. The molecule has 1 N–H and O–H groups in total. The molecule has 2 rings (SSSR count). The fraction of sp³-hybridized carbons (Fsp3) is 0.571. The molecule has 0 bridgehead atoms. The number of β-amino-alcohol motifs (C(OH)–C–C–N with tert-alkyl or cyclic N) is 1. The Morgan fingerprint density at radius 2 is 1.91 bits per heavy atom. The number of anilines is 1. The molecule has 0 radical (unpaired) electrons. The van der Waals surface area contributed by atoms with Gasteiger partial charge in [-0.15, -0.1) is 0 Å². The third-order valence-electron chi connectivity index (χ3n) is 3.73. The first-order chi connectivity index (χ1) is 10.7. The van der Waals surface area contributed by atoms with Crippen LogP contribution in [0, 0.1) is 10.1 Å². The maximum absolute atomic E-state index is 12.7. The molecule has 1 aromatic rings. The van der Waals surface area contributed by atoms with E-state index in [0.717, 1.165) is 12.1 Å². The van der Waals surface area contributed by atoms with Crippen molar-refractivity contribution in [1.82, 2.24) is 4.90 Å². The summed E-state index contributed by atoms with van der Waals surface area (Å²) in [6, 6.07) is 2.60. The van der Waals surface area contributed by atoms with Crippen LogP contribution in [0.4, 0.5) is 24.5 Å².